The van der Waals surface area contributed by atoms with Crippen LogP contribution >= 0.6 is 0 Å². The van der Waals surface area contributed by atoms with Crippen LogP contribution in [0.15, 0.2) is 24.3 Å². The predicted molar refractivity (Wildman–Crippen MR) is 45.7 cm³/mol. The van der Waals surface area contributed by atoms with E-state index in [9.17, 15) is 10.2 Å². The van der Waals surface area contributed by atoms with E-state index in [1.165, 1.54) is 0 Å². The zero-order chi connectivity index (χ0) is 9.47. The molecule has 0 fully saturated rings. The highest BCUT2D eigenvalue weighted by Gasteiger charge is 2.25. The molecule has 0 unspecified atom stereocenters. The average molecular weight is 165 g/mol. The Kier molecular flexibility index (Phi) is 1.59. The molecule has 1 aromatic carbocycles. The lowest BCUT2D eigenvalue weighted by Gasteiger charge is -2.25. The van der Waals surface area contributed by atoms with Crippen molar-refractivity contribution >= 4 is 0 Å². The number of aliphatic hydroxyl groups is 2. The van der Waals surface area contributed by atoms with Gasteiger partial charge >= 0.3 is 0 Å². The van der Waals surface area contributed by atoms with Gasteiger partial charge in [0.05, 0.1) is 7.47 Å². The number of fused-ring (bicyclic) bond motifs is 1. The van der Waals surface area contributed by atoms with Crippen molar-refractivity contribution in [3.63, 3.8) is 0 Å². The predicted octanol–water partition coefficient (Wildman–Crippen LogP) is 1.03. The molecule has 0 saturated heterocycles. The van der Waals surface area contributed by atoms with Crippen LogP contribution in [0.4, 0.5) is 0 Å². The summed E-state index contributed by atoms with van der Waals surface area (Å²) in [7, 11) is 0. The van der Waals surface area contributed by atoms with Crippen LogP contribution in [0.2, 0.25) is 0 Å². The van der Waals surface area contributed by atoms with Crippen molar-refractivity contribution in [3.8, 4) is 0 Å². The van der Waals surface area contributed by atoms with E-state index in [0.29, 0.717) is 12.0 Å². The molecular weight excluding hydrogens is 152 g/mol. The minimum absolute atomic E-state index is 0.455. The topological polar surface area (TPSA) is 40.5 Å². The molecule has 0 aliphatic heterocycles. The van der Waals surface area contributed by atoms with Gasteiger partial charge in [-0.3, -0.25) is 0 Å². The summed E-state index contributed by atoms with van der Waals surface area (Å²) in [6, 6.07) is 7.24. The molecule has 1 aliphatic carbocycles. The third kappa shape index (κ3) is 1.13. The molecule has 2 heteroatoms. The molecule has 64 valence electrons. The van der Waals surface area contributed by atoms with Gasteiger partial charge in [0.25, 0.3) is 0 Å². The van der Waals surface area contributed by atoms with E-state index in [2.05, 4.69) is 0 Å². The Labute approximate surface area is 72.9 Å². The Hall–Kier alpha value is -0.860. The number of aryl methyl sites for hydroxylation is 1. The fourth-order valence-corrected chi connectivity index (χ4v) is 1.60. The van der Waals surface area contributed by atoms with Gasteiger partial charge in [-0.2, -0.15) is 0 Å². The summed E-state index contributed by atoms with van der Waals surface area (Å²) in [6.45, 7) is 0. The van der Waals surface area contributed by atoms with Gasteiger partial charge in [0.1, 0.15) is 6.08 Å². The maximum absolute atomic E-state index is 9.71. The molecular formula is C10H12O2. The Bertz CT molecular complexity index is 322. The molecule has 0 heterocycles. The highest BCUT2D eigenvalue weighted by atomic mass is 16.3. The van der Waals surface area contributed by atoms with E-state index in [1.807, 2.05) is 12.1 Å². The van der Waals surface area contributed by atoms with Crippen LogP contribution in [0.1, 0.15) is 25.0 Å². The Morgan fingerprint density at radius 2 is 2.08 bits per heavy atom. The largest absolute Gasteiger partial charge is 0.390 e. The van der Waals surface area contributed by atoms with Gasteiger partial charge in [-0.05, 0) is 24.0 Å². The number of hydrogen-bond donors (Lipinski definition) is 2. The zero-order valence-corrected chi connectivity index (χ0v) is 6.70. The number of benzene rings is 1. The summed E-state index contributed by atoms with van der Waals surface area (Å²) in [5, 5.41) is 19.2. The van der Waals surface area contributed by atoms with Crippen LogP contribution < -0.4 is 0 Å². The maximum Gasteiger partial charge on any atom is 0.105 e. The molecule has 0 radical (unpaired) electrons. The van der Waals surface area contributed by atoms with Gasteiger partial charge in [0, 0.05) is 0 Å². The van der Waals surface area contributed by atoms with Crippen LogP contribution in [-0.2, 0) is 6.42 Å². The summed E-state index contributed by atoms with van der Waals surface area (Å²) < 4.78 is 7.62. The standard InChI is InChI=1S/C10H12O2/c11-9-6-5-7-3-1-2-4-8(7)10(9)12/h1-4,9-12H,5-6H2/t9-,10-/m0/s1/i10D. The monoisotopic (exact) mass is 165 g/mol. The number of hydrogen-bond acceptors (Lipinski definition) is 2. The molecule has 1 aliphatic rings. The summed E-state index contributed by atoms with van der Waals surface area (Å²) >= 11 is 0. The lowest BCUT2D eigenvalue weighted by molar-refractivity contribution is 0.00650. The van der Waals surface area contributed by atoms with Gasteiger partial charge < -0.3 is 10.2 Å². The smallest absolute Gasteiger partial charge is 0.105 e. The van der Waals surface area contributed by atoms with Crippen LogP contribution in [0.25, 0.3) is 0 Å². The second-order valence-electron chi connectivity index (χ2n) is 3.10. The van der Waals surface area contributed by atoms with Gasteiger partial charge in [-0.15, -0.1) is 0 Å². The molecule has 2 N–H and O–H groups in total. The van der Waals surface area contributed by atoms with Crippen LogP contribution in [0.5, 0.6) is 0 Å². The maximum atomic E-state index is 9.71. The number of rotatable bonds is 0. The van der Waals surface area contributed by atoms with Gasteiger partial charge in [0.15, 0.2) is 0 Å². The molecule has 2 rings (SSSR count). The van der Waals surface area contributed by atoms with Crippen molar-refractivity contribution in [2.75, 3.05) is 0 Å². The van der Waals surface area contributed by atoms with Crippen molar-refractivity contribution in [2.45, 2.75) is 25.0 Å². The average Bonchev–Trinajstić information content (AvgIpc) is 2.13. The van der Waals surface area contributed by atoms with E-state index in [-0.39, 0.29) is 0 Å². The molecule has 0 bridgehead atoms. The highest BCUT2D eigenvalue weighted by molar-refractivity contribution is 5.31. The Balaban J connectivity index is 2.52. The quantitative estimate of drug-likeness (QED) is 0.602. The lowest BCUT2D eigenvalue weighted by atomic mass is 9.88. The van der Waals surface area contributed by atoms with E-state index >= 15 is 0 Å². The summed E-state index contributed by atoms with van der Waals surface area (Å²) in [6.07, 6.45) is -1.60. The molecule has 12 heavy (non-hydrogen) atoms. The minimum atomic E-state index is -1.82. The third-order valence-electron chi connectivity index (χ3n) is 2.30. The minimum Gasteiger partial charge on any atom is -0.390 e. The second kappa shape index (κ2) is 2.88. The van der Waals surface area contributed by atoms with Gasteiger partial charge in [-0.25, -0.2) is 0 Å². The first kappa shape index (κ1) is 6.63. The van der Waals surface area contributed by atoms with Crippen LogP contribution in [0.3, 0.4) is 0 Å². The van der Waals surface area contributed by atoms with Crippen molar-refractivity contribution < 1.29 is 11.6 Å². The molecule has 2 nitrogen and oxygen atoms in total. The molecule has 1 aromatic rings. The summed E-state index contributed by atoms with van der Waals surface area (Å²) in [4.78, 5) is 0. The van der Waals surface area contributed by atoms with Crippen molar-refractivity contribution in [2.24, 2.45) is 0 Å². The van der Waals surface area contributed by atoms with Crippen molar-refractivity contribution in [1.82, 2.24) is 0 Å². The van der Waals surface area contributed by atoms with Gasteiger partial charge in [-0.1, -0.05) is 24.3 Å². The molecule has 0 saturated carbocycles. The lowest BCUT2D eigenvalue weighted by Crippen LogP contribution is -2.24. The SMILES string of the molecule is [2H][C@]1(O)c2ccccc2CC[C@@H]1O. The normalized spacial score (nSPS) is 35.5. The number of aliphatic hydroxyl groups excluding tert-OH is 1. The van der Waals surface area contributed by atoms with Gasteiger partial charge in [0.2, 0.25) is 0 Å². The fourth-order valence-electron chi connectivity index (χ4n) is 1.60. The molecule has 0 amide bonds. The van der Waals surface area contributed by atoms with Crippen LogP contribution in [0, 0.1) is 0 Å². The summed E-state index contributed by atoms with van der Waals surface area (Å²) in [5.74, 6) is 0. The fraction of sp³-hybridized carbons (Fsp3) is 0.400. The first-order valence-corrected chi connectivity index (χ1v) is 4.11. The van der Waals surface area contributed by atoms with E-state index in [1.54, 1.807) is 12.1 Å². The van der Waals surface area contributed by atoms with E-state index in [4.69, 9.17) is 1.37 Å². The second-order valence-corrected chi connectivity index (χ2v) is 3.10. The van der Waals surface area contributed by atoms with Crippen molar-refractivity contribution in [1.29, 1.82) is 0 Å². The first-order valence-electron chi connectivity index (χ1n) is 4.61. The Morgan fingerprint density at radius 3 is 2.92 bits per heavy atom. The van der Waals surface area contributed by atoms with Crippen LogP contribution in [-0.4, -0.2) is 16.3 Å². The van der Waals surface area contributed by atoms with Crippen molar-refractivity contribution in [3.05, 3.63) is 35.4 Å². The van der Waals surface area contributed by atoms with E-state index < -0.39 is 12.2 Å². The first-order chi connectivity index (χ1) is 6.12. The summed E-state index contributed by atoms with van der Waals surface area (Å²) in [5.41, 5.74) is 1.50. The highest BCUT2D eigenvalue weighted by Crippen LogP contribution is 2.29. The molecule has 0 aromatic heterocycles. The third-order valence-corrected chi connectivity index (χ3v) is 2.30. The molecule has 2 atom stereocenters. The Morgan fingerprint density at radius 1 is 1.33 bits per heavy atom. The molecule has 0 spiro atoms. The zero-order valence-electron chi connectivity index (χ0n) is 7.70. The van der Waals surface area contributed by atoms with E-state index in [0.717, 1.165) is 12.0 Å².